The van der Waals surface area contributed by atoms with Crippen LogP contribution in [-0.2, 0) is 37.3 Å². The van der Waals surface area contributed by atoms with Gasteiger partial charge in [-0.1, -0.05) is 29.1 Å². The van der Waals surface area contributed by atoms with Crippen LogP contribution in [0.3, 0.4) is 0 Å². The molecular weight excluding hydrogens is 884 g/mol. The van der Waals surface area contributed by atoms with Gasteiger partial charge < -0.3 is 20.4 Å². The topological polar surface area (TPSA) is 405 Å². The SMILES string of the molecule is O=[N+]([O-])c1ccc(N=Nc2c(S(=O)(=O)O)cc3cc(S(=O)(=O)O)cc(N=Nc4cc(N=Nc5c([O-])cc([N+](=O)[O-])cc5[N+](=O)[O-])c([O-])cc4[O-])c3c2[O-])cc1.[Fe+2].[Na+].[Na+]. The second-order valence-electron chi connectivity index (χ2n) is 10.5. The van der Waals surface area contributed by atoms with E-state index < -0.39 is 118 Å². The molecule has 0 heterocycles. The maximum absolute atomic E-state index is 13.7. The summed E-state index contributed by atoms with van der Waals surface area (Å²) in [6, 6.07) is 7.69. The molecule has 0 unspecified atom stereocenters. The van der Waals surface area contributed by atoms with E-state index in [2.05, 4.69) is 30.7 Å². The number of non-ortho nitro benzene ring substituents is 2. The second-order valence-corrected chi connectivity index (χ2v) is 13.3. The zero-order chi connectivity index (χ0) is 40.6. The van der Waals surface area contributed by atoms with Gasteiger partial charge in [0, 0.05) is 23.6 Å². The molecule has 0 atom stereocenters. The van der Waals surface area contributed by atoms with Crippen molar-refractivity contribution in [3.05, 3.63) is 97.1 Å². The quantitative estimate of drug-likeness (QED) is 0.0506. The molecule has 0 spiro atoms. The minimum atomic E-state index is -5.33. The molecule has 0 saturated heterocycles. The van der Waals surface area contributed by atoms with Gasteiger partial charge in [0.1, 0.15) is 4.90 Å². The van der Waals surface area contributed by atoms with Crippen molar-refractivity contribution >= 4 is 82.2 Å². The molecule has 0 radical (unpaired) electrons. The molecule has 2 N–H and O–H groups in total. The van der Waals surface area contributed by atoms with E-state index in [0.29, 0.717) is 42.5 Å². The smallest absolute Gasteiger partial charge is 0.871 e. The Hall–Kier alpha value is -5.10. The van der Waals surface area contributed by atoms with Crippen LogP contribution in [0.5, 0.6) is 23.0 Å². The number of rotatable bonds is 11. The molecule has 0 bridgehead atoms. The van der Waals surface area contributed by atoms with Crippen molar-refractivity contribution in [2.75, 3.05) is 0 Å². The van der Waals surface area contributed by atoms with E-state index >= 15 is 0 Å². The number of azo groups is 3. The van der Waals surface area contributed by atoms with Gasteiger partial charge in [-0.25, -0.2) is 0 Å². The molecule has 58 heavy (non-hydrogen) atoms. The molecule has 288 valence electrons. The Balaban J connectivity index is 0.00000387. The molecule has 0 aromatic heterocycles. The Morgan fingerprint density at radius 3 is 1.59 bits per heavy atom. The first-order valence-electron chi connectivity index (χ1n) is 14.1. The van der Waals surface area contributed by atoms with Crippen LogP contribution in [-0.4, -0.2) is 40.7 Å². The maximum Gasteiger partial charge on any atom is 2.00 e. The molecule has 5 rings (SSSR count). The van der Waals surface area contributed by atoms with Crippen LogP contribution in [0.4, 0.5) is 51.2 Å². The fourth-order valence-electron chi connectivity index (χ4n) is 4.52. The van der Waals surface area contributed by atoms with E-state index in [9.17, 15) is 76.7 Å². The molecule has 30 heteroatoms. The molecule has 0 fully saturated rings. The third kappa shape index (κ3) is 10.9. The summed E-state index contributed by atoms with van der Waals surface area (Å²) in [6.45, 7) is 0. The number of hydrogen-bond donors (Lipinski definition) is 2. The van der Waals surface area contributed by atoms with Crippen molar-refractivity contribution in [2.24, 2.45) is 30.7 Å². The van der Waals surface area contributed by atoms with E-state index in [4.69, 9.17) is 0 Å². The Morgan fingerprint density at radius 2 is 1.07 bits per heavy atom. The van der Waals surface area contributed by atoms with Crippen LogP contribution < -0.4 is 79.5 Å². The number of nitrogens with zero attached hydrogens (tertiary/aromatic N) is 9. The van der Waals surface area contributed by atoms with Crippen molar-refractivity contribution in [2.45, 2.75) is 9.79 Å². The van der Waals surface area contributed by atoms with Crippen molar-refractivity contribution in [3.8, 4) is 23.0 Å². The van der Waals surface area contributed by atoms with Crippen molar-refractivity contribution in [3.63, 3.8) is 0 Å². The minimum absolute atomic E-state index is 0. The summed E-state index contributed by atoms with van der Waals surface area (Å²) in [5.74, 6) is -5.08. The fraction of sp³-hybridized carbons (Fsp3) is 0. The van der Waals surface area contributed by atoms with Crippen LogP contribution in [0.15, 0.2) is 107 Å². The van der Waals surface area contributed by atoms with E-state index in [0.717, 1.165) is 24.3 Å². The zero-order valence-electron chi connectivity index (χ0n) is 28.7. The van der Waals surface area contributed by atoms with Gasteiger partial charge in [0.2, 0.25) is 0 Å². The number of benzene rings is 5. The zero-order valence-corrected chi connectivity index (χ0v) is 35.4. The minimum Gasteiger partial charge on any atom is -0.871 e. The third-order valence-corrected chi connectivity index (χ3v) is 8.69. The van der Waals surface area contributed by atoms with E-state index in [1.165, 1.54) is 0 Å². The van der Waals surface area contributed by atoms with E-state index in [1.54, 1.807) is 0 Å². The van der Waals surface area contributed by atoms with E-state index in [-0.39, 0.29) is 87.6 Å². The Labute approximate surface area is 376 Å². The first-order valence-corrected chi connectivity index (χ1v) is 17.0. The average molecular weight is 897 g/mol. The summed E-state index contributed by atoms with van der Waals surface area (Å²) >= 11 is 0. The van der Waals surface area contributed by atoms with Gasteiger partial charge in [-0.3, -0.25) is 39.4 Å². The summed E-state index contributed by atoms with van der Waals surface area (Å²) in [4.78, 5) is 28.2. The Morgan fingerprint density at radius 1 is 0.534 bits per heavy atom. The summed E-state index contributed by atoms with van der Waals surface area (Å²) < 4.78 is 68.4. The van der Waals surface area contributed by atoms with Crippen LogP contribution in [0, 0.1) is 30.3 Å². The molecular formula is C28H13FeN9Na2O16S2. The van der Waals surface area contributed by atoms with Crippen LogP contribution in [0.2, 0.25) is 0 Å². The number of nitro benzene ring substituents is 3. The van der Waals surface area contributed by atoms with Gasteiger partial charge in [-0.2, -0.15) is 32.2 Å². The Bertz CT molecular complexity index is 2810. The predicted molar refractivity (Wildman–Crippen MR) is 173 cm³/mol. The largest absolute Gasteiger partial charge is 2.00 e. The summed E-state index contributed by atoms with van der Waals surface area (Å²) in [5.41, 5.74) is -7.08. The molecule has 0 amide bonds. The molecule has 0 aliphatic heterocycles. The van der Waals surface area contributed by atoms with Gasteiger partial charge in [0.05, 0.1) is 54.2 Å². The molecule has 0 aliphatic rings. The molecule has 5 aromatic carbocycles. The van der Waals surface area contributed by atoms with Gasteiger partial charge in [-0.05, 0) is 41.8 Å². The van der Waals surface area contributed by atoms with Crippen molar-refractivity contribution < 1.29 is 137 Å². The summed E-state index contributed by atoms with van der Waals surface area (Å²) in [7, 11) is -10.5. The first-order chi connectivity index (χ1) is 25.6. The molecule has 5 aromatic rings. The molecule has 0 saturated carbocycles. The third-order valence-electron chi connectivity index (χ3n) is 7.00. The van der Waals surface area contributed by atoms with Crippen LogP contribution in [0.25, 0.3) is 10.8 Å². The first kappa shape index (κ1) is 49.0. The van der Waals surface area contributed by atoms with E-state index in [1.807, 2.05) is 0 Å². The molecule has 25 nitrogen and oxygen atoms in total. The Kier molecular flexibility index (Phi) is 16.2. The van der Waals surface area contributed by atoms with Crippen LogP contribution >= 0.6 is 0 Å². The standard InChI is InChI=1S/C28H17N9O16S2.Fe.2Na/c38-21-11-22(39)18(31-33-26-20(37(46)47)7-15(36(44)45)8-23(26)40)10-17(21)30-32-19-9-16(54(48,49)50)5-12-6-24(55(51,52)53)27(28(41)25(12)19)34-29-13-1-3-14(4-2-13)35(42)43;;;/h1-11,38-41H,(H,48,49,50)(H,51,52,53);;;/q;+2;2*+1/p-4. The average Bonchev–Trinajstić information content (AvgIpc) is 3.09. The number of fused-ring (bicyclic) bond motifs is 1. The monoisotopic (exact) mass is 897 g/mol. The number of nitro groups is 3. The predicted octanol–water partition coefficient (Wildman–Crippen LogP) is -1.40. The normalized spacial score (nSPS) is 11.6. The molecule has 0 aliphatic carbocycles. The van der Waals surface area contributed by atoms with Gasteiger partial charge >= 0.3 is 81.9 Å². The number of hydrogen-bond acceptors (Lipinski definition) is 20. The van der Waals surface area contributed by atoms with Gasteiger partial charge in [0.15, 0.2) is 5.69 Å². The van der Waals surface area contributed by atoms with Crippen molar-refractivity contribution in [1.82, 2.24) is 0 Å². The van der Waals surface area contributed by atoms with Crippen molar-refractivity contribution in [1.29, 1.82) is 0 Å². The van der Waals surface area contributed by atoms with Gasteiger partial charge in [-0.15, -0.1) is 15.3 Å². The summed E-state index contributed by atoms with van der Waals surface area (Å²) in [6.07, 6.45) is 0. The maximum atomic E-state index is 13.7. The fourth-order valence-corrected chi connectivity index (χ4v) is 5.71. The second kappa shape index (κ2) is 19.1. The summed E-state index contributed by atoms with van der Waals surface area (Å²) in [5, 5.41) is 105. The van der Waals surface area contributed by atoms with Crippen LogP contribution in [0.1, 0.15) is 0 Å². The van der Waals surface area contributed by atoms with Gasteiger partial charge in [0.25, 0.3) is 31.6 Å².